The molecule has 1 N–H and O–H groups in total. The van der Waals surface area contributed by atoms with Crippen molar-refractivity contribution >= 4 is 22.6 Å². The molecule has 0 spiro atoms. The van der Waals surface area contributed by atoms with Crippen LogP contribution >= 0.6 is 0 Å². The molecule has 0 unspecified atom stereocenters. The number of aryl methyl sites for hydroxylation is 2. The first-order valence-corrected chi connectivity index (χ1v) is 8.32. The van der Waals surface area contributed by atoms with Gasteiger partial charge in [0.25, 0.3) is 0 Å². The second-order valence-electron chi connectivity index (χ2n) is 6.66. The number of para-hydroxylation sites is 1. The Morgan fingerprint density at radius 1 is 1.12 bits per heavy atom. The highest BCUT2D eigenvalue weighted by molar-refractivity contribution is 5.96. The number of rotatable bonds is 4. The fourth-order valence-electron chi connectivity index (χ4n) is 2.96. The van der Waals surface area contributed by atoms with Gasteiger partial charge in [-0.3, -0.25) is 4.79 Å². The van der Waals surface area contributed by atoms with E-state index < -0.39 is 0 Å². The lowest BCUT2D eigenvalue weighted by molar-refractivity contribution is -0.115. The first-order chi connectivity index (χ1) is 11.5. The van der Waals surface area contributed by atoms with Crippen molar-refractivity contribution in [3.8, 4) is 0 Å². The van der Waals surface area contributed by atoms with Gasteiger partial charge < -0.3 is 9.73 Å². The van der Waals surface area contributed by atoms with Gasteiger partial charge in [-0.05, 0) is 48.6 Å². The van der Waals surface area contributed by atoms with Gasteiger partial charge >= 0.3 is 0 Å². The van der Waals surface area contributed by atoms with Crippen LogP contribution in [0.2, 0.25) is 0 Å². The molecule has 0 aliphatic rings. The van der Waals surface area contributed by atoms with Crippen LogP contribution < -0.4 is 5.32 Å². The van der Waals surface area contributed by atoms with Crippen LogP contribution in [0.5, 0.6) is 0 Å². The smallest absolute Gasteiger partial charge is 0.228 e. The molecule has 2 aromatic carbocycles. The molecule has 24 heavy (non-hydrogen) atoms. The minimum atomic E-state index is -0.0231. The highest BCUT2D eigenvalue weighted by Gasteiger charge is 2.13. The lowest BCUT2D eigenvalue weighted by Gasteiger charge is -2.11. The fraction of sp³-hybridized carbons (Fsp3) is 0.286. The van der Waals surface area contributed by atoms with E-state index in [1.165, 1.54) is 5.56 Å². The highest BCUT2D eigenvalue weighted by atomic mass is 16.3. The molecule has 1 heterocycles. The summed E-state index contributed by atoms with van der Waals surface area (Å²) >= 11 is 0. The van der Waals surface area contributed by atoms with Crippen LogP contribution in [-0.4, -0.2) is 5.91 Å². The quantitative estimate of drug-likeness (QED) is 0.703. The van der Waals surface area contributed by atoms with Gasteiger partial charge in [0.05, 0.1) is 12.7 Å². The first-order valence-electron chi connectivity index (χ1n) is 8.32. The Hall–Kier alpha value is -2.55. The Morgan fingerprint density at radius 3 is 2.50 bits per heavy atom. The second-order valence-corrected chi connectivity index (χ2v) is 6.66. The predicted octanol–water partition coefficient (Wildman–Crippen LogP) is 5.35. The molecule has 0 saturated carbocycles. The van der Waals surface area contributed by atoms with Crippen LogP contribution in [0.4, 0.5) is 5.69 Å². The van der Waals surface area contributed by atoms with Crippen molar-refractivity contribution in [1.82, 2.24) is 0 Å². The zero-order valence-electron chi connectivity index (χ0n) is 14.6. The molecule has 0 aliphatic carbocycles. The molecule has 0 bridgehead atoms. The monoisotopic (exact) mass is 321 g/mol. The number of fused-ring (bicyclic) bond motifs is 1. The third-order valence-corrected chi connectivity index (χ3v) is 4.44. The molecule has 1 amide bonds. The molecular weight excluding hydrogens is 298 g/mol. The van der Waals surface area contributed by atoms with Gasteiger partial charge in [-0.2, -0.15) is 0 Å². The van der Waals surface area contributed by atoms with Gasteiger partial charge in [0.15, 0.2) is 0 Å². The average Bonchev–Trinajstić information content (AvgIpc) is 2.93. The van der Waals surface area contributed by atoms with Gasteiger partial charge in [0, 0.05) is 16.6 Å². The number of anilines is 1. The maximum Gasteiger partial charge on any atom is 0.228 e. The van der Waals surface area contributed by atoms with Crippen LogP contribution in [0.15, 0.2) is 47.1 Å². The lowest BCUT2D eigenvalue weighted by Crippen LogP contribution is -2.15. The van der Waals surface area contributed by atoms with Crippen molar-refractivity contribution in [1.29, 1.82) is 0 Å². The molecule has 0 aliphatic heterocycles. The Balaban J connectivity index is 1.84. The molecule has 3 rings (SSSR count). The minimum Gasteiger partial charge on any atom is -0.464 e. The summed E-state index contributed by atoms with van der Waals surface area (Å²) in [4.78, 5) is 12.5. The van der Waals surface area contributed by atoms with E-state index in [1.54, 1.807) is 6.26 Å². The van der Waals surface area contributed by atoms with Crippen molar-refractivity contribution in [2.24, 2.45) is 0 Å². The normalized spacial score (nSPS) is 11.2. The molecule has 3 nitrogen and oxygen atoms in total. The Labute approximate surface area is 142 Å². The predicted molar refractivity (Wildman–Crippen MR) is 98.6 cm³/mol. The van der Waals surface area contributed by atoms with Crippen LogP contribution in [0.3, 0.4) is 0 Å². The van der Waals surface area contributed by atoms with Gasteiger partial charge in [0.2, 0.25) is 5.91 Å². The number of benzene rings is 2. The van der Waals surface area contributed by atoms with Crippen LogP contribution in [-0.2, 0) is 11.2 Å². The van der Waals surface area contributed by atoms with E-state index in [0.29, 0.717) is 12.3 Å². The number of carbonyl (C=O) groups excluding carboxylic acids is 1. The first kappa shape index (κ1) is 16.3. The van der Waals surface area contributed by atoms with Gasteiger partial charge in [-0.15, -0.1) is 0 Å². The number of amides is 1. The molecular formula is C21H23NO2. The number of hydrogen-bond donors (Lipinski definition) is 1. The second kappa shape index (κ2) is 6.52. The fourth-order valence-corrected chi connectivity index (χ4v) is 2.96. The van der Waals surface area contributed by atoms with Crippen molar-refractivity contribution in [2.75, 3.05) is 5.32 Å². The number of nitrogens with one attached hydrogen (secondary N) is 1. The van der Waals surface area contributed by atoms with E-state index in [4.69, 9.17) is 4.42 Å². The molecule has 0 atom stereocenters. The van der Waals surface area contributed by atoms with Crippen LogP contribution in [0, 0.1) is 13.8 Å². The molecule has 3 aromatic rings. The van der Waals surface area contributed by atoms with Crippen molar-refractivity contribution < 1.29 is 9.21 Å². The van der Waals surface area contributed by atoms with E-state index >= 15 is 0 Å². The molecule has 3 heteroatoms. The standard InChI is InChI=1S/C21H23NO2/c1-13(2)16-8-9-19-18(10-16)17(12-24-19)11-20(23)22-21-14(3)6-5-7-15(21)4/h5-10,12-13H,11H2,1-4H3,(H,22,23). The van der Waals surface area contributed by atoms with Crippen molar-refractivity contribution in [3.05, 3.63) is 64.9 Å². The third kappa shape index (κ3) is 3.21. The Morgan fingerprint density at radius 2 is 1.83 bits per heavy atom. The SMILES string of the molecule is Cc1cccc(C)c1NC(=O)Cc1coc2ccc(C(C)C)cc12. The third-order valence-electron chi connectivity index (χ3n) is 4.44. The van der Waals surface area contributed by atoms with E-state index in [0.717, 1.165) is 33.3 Å². The summed E-state index contributed by atoms with van der Waals surface area (Å²) in [5.74, 6) is 0.422. The van der Waals surface area contributed by atoms with E-state index in [1.807, 2.05) is 38.1 Å². The van der Waals surface area contributed by atoms with Gasteiger partial charge in [0.1, 0.15) is 5.58 Å². The highest BCUT2D eigenvalue weighted by Crippen LogP contribution is 2.27. The topological polar surface area (TPSA) is 42.2 Å². The zero-order valence-corrected chi connectivity index (χ0v) is 14.6. The minimum absolute atomic E-state index is 0.0231. The lowest BCUT2D eigenvalue weighted by atomic mass is 10.00. The van der Waals surface area contributed by atoms with Crippen LogP contribution in [0.25, 0.3) is 11.0 Å². The van der Waals surface area contributed by atoms with Gasteiger partial charge in [-0.25, -0.2) is 0 Å². The largest absolute Gasteiger partial charge is 0.464 e. The van der Waals surface area contributed by atoms with Crippen molar-refractivity contribution in [3.63, 3.8) is 0 Å². The van der Waals surface area contributed by atoms with E-state index in [-0.39, 0.29) is 5.91 Å². The molecule has 0 saturated heterocycles. The van der Waals surface area contributed by atoms with E-state index in [2.05, 4.69) is 31.3 Å². The summed E-state index contributed by atoms with van der Waals surface area (Å²) in [6.45, 7) is 8.33. The van der Waals surface area contributed by atoms with Crippen molar-refractivity contribution in [2.45, 2.75) is 40.0 Å². The van der Waals surface area contributed by atoms with Crippen LogP contribution in [0.1, 0.15) is 42.0 Å². The summed E-state index contributed by atoms with van der Waals surface area (Å²) < 4.78 is 5.60. The summed E-state index contributed by atoms with van der Waals surface area (Å²) in [7, 11) is 0. The Bertz CT molecular complexity index is 870. The summed E-state index contributed by atoms with van der Waals surface area (Å²) in [6, 6.07) is 12.2. The molecule has 0 fully saturated rings. The Kier molecular flexibility index (Phi) is 4.43. The maximum atomic E-state index is 12.5. The summed E-state index contributed by atoms with van der Waals surface area (Å²) in [6.07, 6.45) is 2.00. The number of furan rings is 1. The zero-order chi connectivity index (χ0) is 17.3. The van der Waals surface area contributed by atoms with E-state index in [9.17, 15) is 4.79 Å². The maximum absolute atomic E-state index is 12.5. The summed E-state index contributed by atoms with van der Waals surface area (Å²) in [5.41, 5.74) is 6.05. The molecule has 124 valence electrons. The number of hydrogen-bond acceptors (Lipinski definition) is 2. The number of carbonyl (C=O) groups is 1. The molecule has 0 radical (unpaired) electrons. The summed E-state index contributed by atoms with van der Waals surface area (Å²) in [5, 5.41) is 4.06. The molecule has 1 aromatic heterocycles. The average molecular weight is 321 g/mol. The van der Waals surface area contributed by atoms with Gasteiger partial charge in [-0.1, -0.05) is 38.1 Å².